The smallest absolute Gasteiger partial charge is 0.0641 e. The van der Waals surface area contributed by atoms with Crippen LogP contribution in [0.3, 0.4) is 0 Å². The Balaban J connectivity index is 1.10. The van der Waals surface area contributed by atoms with Gasteiger partial charge in [-0.15, -0.1) is 0 Å². The van der Waals surface area contributed by atoms with Crippen LogP contribution in [-0.4, -0.2) is 9.13 Å². The molecule has 0 spiro atoms. The van der Waals surface area contributed by atoms with E-state index in [2.05, 4.69) is 203 Å². The molecule has 0 saturated carbocycles. The highest BCUT2D eigenvalue weighted by Gasteiger charge is 2.20. The zero-order valence-corrected chi connectivity index (χ0v) is 28.4. The van der Waals surface area contributed by atoms with Crippen LogP contribution in [-0.2, 0) is 0 Å². The van der Waals surface area contributed by atoms with Gasteiger partial charge in [0.1, 0.15) is 0 Å². The molecular weight excluding hydrogens is 629 g/mol. The molecule has 2 aromatic heterocycles. The molecule has 0 fully saturated rings. The molecule has 0 aliphatic carbocycles. The van der Waals surface area contributed by atoms with Gasteiger partial charge in [-0.1, -0.05) is 140 Å². The van der Waals surface area contributed by atoms with Crippen molar-refractivity contribution in [3.8, 4) is 33.6 Å². The fourth-order valence-corrected chi connectivity index (χ4v) is 8.40. The molecule has 242 valence electrons. The van der Waals surface area contributed by atoms with Crippen molar-refractivity contribution in [3.05, 3.63) is 194 Å². The summed E-state index contributed by atoms with van der Waals surface area (Å²) in [4.78, 5) is 0. The third kappa shape index (κ3) is 4.38. The lowest BCUT2D eigenvalue weighted by Gasteiger charge is -2.12. The Labute approximate surface area is 301 Å². The Morgan fingerprint density at radius 2 is 0.731 bits per heavy atom. The summed E-state index contributed by atoms with van der Waals surface area (Å²) in [6, 6.07) is 71.0. The highest BCUT2D eigenvalue weighted by atomic mass is 15.0. The van der Waals surface area contributed by atoms with Crippen molar-refractivity contribution in [1.82, 2.24) is 9.13 Å². The van der Waals surface area contributed by atoms with E-state index >= 15 is 0 Å². The lowest BCUT2D eigenvalue weighted by molar-refractivity contribution is 1.17. The lowest BCUT2D eigenvalue weighted by Crippen LogP contribution is -1.95. The van der Waals surface area contributed by atoms with Crippen LogP contribution in [0.4, 0.5) is 0 Å². The van der Waals surface area contributed by atoms with Crippen LogP contribution in [0, 0.1) is 0 Å². The molecule has 0 radical (unpaired) electrons. The summed E-state index contributed by atoms with van der Waals surface area (Å²) >= 11 is 0. The second kappa shape index (κ2) is 11.3. The molecular formula is C50H32N2. The molecule has 0 unspecified atom stereocenters. The Morgan fingerprint density at radius 3 is 1.33 bits per heavy atom. The molecule has 0 saturated heterocycles. The van der Waals surface area contributed by atoms with Gasteiger partial charge < -0.3 is 9.13 Å². The number of aromatic nitrogens is 2. The molecule has 9 aromatic carbocycles. The summed E-state index contributed by atoms with van der Waals surface area (Å²) in [7, 11) is 0. The van der Waals surface area contributed by atoms with E-state index in [0.29, 0.717) is 0 Å². The van der Waals surface area contributed by atoms with Crippen molar-refractivity contribution in [3.63, 3.8) is 0 Å². The van der Waals surface area contributed by atoms with Crippen LogP contribution in [0.2, 0.25) is 0 Å². The molecule has 2 heterocycles. The van der Waals surface area contributed by atoms with Gasteiger partial charge in [-0.2, -0.15) is 0 Å². The predicted molar refractivity (Wildman–Crippen MR) is 221 cm³/mol. The van der Waals surface area contributed by atoms with Gasteiger partial charge in [0.15, 0.2) is 0 Å². The topological polar surface area (TPSA) is 9.86 Å². The fraction of sp³-hybridized carbons (Fsp3) is 0. The van der Waals surface area contributed by atoms with Crippen molar-refractivity contribution in [2.24, 2.45) is 0 Å². The molecule has 0 aliphatic heterocycles. The van der Waals surface area contributed by atoms with Crippen LogP contribution >= 0.6 is 0 Å². The molecule has 0 bridgehead atoms. The zero-order valence-electron chi connectivity index (χ0n) is 28.4. The average Bonchev–Trinajstić information content (AvgIpc) is 3.74. The Morgan fingerprint density at radius 1 is 0.269 bits per heavy atom. The summed E-state index contributed by atoms with van der Waals surface area (Å²) in [6.07, 6.45) is 0. The first-order valence-electron chi connectivity index (χ1n) is 17.9. The second-order valence-corrected chi connectivity index (χ2v) is 13.8. The first-order valence-corrected chi connectivity index (χ1v) is 17.9. The number of para-hydroxylation sites is 2. The minimum absolute atomic E-state index is 1.15. The third-order valence-electron chi connectivity index (χ3n) is 10.9. The number of fused-ring (bicyclic) bond motifs is 9. The molecule has 0 atom stereocenters. The van der Waals surface area contributed by atoms with E-state index in [1.165, 1.54) is 87.4 Å². The van der Waals surface area contributed by atoms with Crippen LogP contribution < -0.4 is 0 Å². The van der Waals surface area contributed by atoms with E-state index < -0.39 is 0 Å². The summed E-state index contributed by atoms with van der Waals surface area (Å²) in [6.45, 7) is 0. The highest BCUT2D eigenvalue weighted by molar-refractivity contribution is 6.26. The van der Waals surface area contributed by atoms with E-state index in [1.807, 2.05) is 0 Å². The number of rotatable bonds is 4. The number of hydrogen-bond acceptors (Lipinski definition) is 0. The number of benzene rings is 9. The van der Waals surface area contributed by atoms with Gasteiger partial charge in [0.05, 0.1) is 22.1 Å². The van der Waals surface area contributed by atoms with Gasteiger partial charge in [0.25, 0.3) is 0 Å². The highest BCUT2D eigenvalue weighted by Crippen LogP contribution is 2.42. The van der Waals surface area contributed by atoms with E-state index in [4.69, 9.17) is 0 Å². The van der Waals surface area contributed by atoms with Crippen molar-refractivity contribution in [2.45, 2.75) is 0 Å². The van der Waals surface area contributed by atoms with Crippen molar-refractivity contribution < 1.29 is 0 Å². The minimum atomic E-state index is 1.15. The normalized spacial score (nSPS) is 11.8. The van der Waals surface area contributed by atoms with E-state index in [9.17, 15) is 0 Å². The Bertz CT molecular complexity index is 3160. The van der Waals surface area contributed by atoms with Gasteiger partial charge in [-0.25, -0.2) is 0 Å². The van der Waals surface area contributed by atoms with Gasteiger partial charge in [-0.05, 0) is 98.4 Å². The Kier molecular flexibility index (Phi) is 6.28. The summed E-state index contributed by atoms with van der Waals surface area (Å²) in [5.41, 5.74) is 12.0. The quantitative estimate of drug-likeness (QED) is 0.178. The van der Waals surface area contributed by atoms with Gasteiger partial charge in [0, 0.05) is 32.9 Å². The lowest BCUT2D eigenvalue weighted by atomic mass is 10.0. The van der Waals surface area contributed by atoms with E-state index in [0.717, 1.165) is 11.4 Å². The van der Waals surface area contributed by atoms with Gasteiger partial charge in [-0.3, -0.25) is 0 Å². The maximum atomic E-state index is 2.47. The van der Waals surface area contributed by atoms with E-state index in [-0.39, 0.29) is 0 Å². The first-order chi connectivity index (χ1) is 25.8. The molecule has 0 N–H and O–H groups in total. The third-order valence-corrected chi connectivity index (χ3v) is 10.9. The minimum Gasteiger partial charge on any atom is -0.309 e. The van der Waals surface area contributed by atoms with Crippen LogP contribution in [0.5, 0.6) is 0 Å². The summed E-state index contributed by atoms with van der Waals surface area (Å²) < 4.78 is 4.90. The molecule has 11 rings (SSSR count). The molecule has 2 heteroatoms. The first kappa shape index (κ1) is 28.9. The maximum absolute atomic E-state index is 2.47. The van der Waals surface area contributed by atoms with Crippen molar-refractivity contribution >= 4 is 65.2 Å². The number of nitrogens with zero attached hydrogens (tertiary/aromatic N) is 2. The monoisotopic (exact) mass is 660 g/mol. The maximum Gasteiger partial charge on any atom is 0.0641 e. The second-order valence-electron chi connectivity index (χ2n) is 13.8. The Hall–Kier alpha value is -6.90. The van der Waals surface area contributed by atoms with Crippen LogP contribution in [0.15, 0.2) is 194 Å². The van der Waals surface area contributed by atoms with Crippen LogP contribution in [0.25, 0.3) is 98.8 Å². The van der Waals surface area contributed by atoms with Crippen molar-refractivity contribution in [1.29, 1.82) is 0 Å². The van der Waals surface area contributed by atoms with Gasteiger partial charge >= 0.3 is 0 Å². The molecule has 11 aromatic rings. The average molecular weight is 661 g/mol. The molecule has 0 amide bonds. The number of hydrogen-bond donors (Lipinski definition) is 0. The van der Waals surface area contributed by atoms with Gasteiger partial charge in [0.2, 0.25) is 0 Å². The largest absolute Gasteiger partial charge is 0.309 e. The predicted octanol–water partition coefficient (Wildman–Crippen LogP) is 13.5. The molecule has 2 nitrogen and oxygen atoms in total. The molecule has 0 aliphatic rings. The standard InChI is InChI=1S/C50H32N2/c1-3-11-37-31-39(19-17-33(37)9-1)35-21-25-41(26-22-35)51-47-16-8-6-14-45(47)49-48(51)30-29-44-43-13-5-7-15-46(43)52(50(44)49)42-27-23-36(24-28-42)40-20-18-34-10-2-4-12-38(34)32-40/h1-32H. The van der Waals surface area contributed by atoms with Crippen LogP contribution in [0.1, 0.15) is 0 Å². The van der Waals surface area contributed by atoms with E-state index in [1.54, 1.807) is 0 Å². The fourth-order valence-electron chi connectivity index (χ4n) is 8.40. The van der Waals surface area contributed by atoms with Crippen molar-refractivity contribution in [2.75, 3.05) is 0 Å². The summed E-state index contributed by atoms with van der Waals surface area (Å²) in [5, 5.41) is 10.1. The summed E-state index contributed by atoms with van der Waals surface area (Å²) in [5.74, 6) is 0. The molecule has 52 heavy (non-hydrogen) atoms. The zero-order chi connectivity index (χ0) is 34.2. The SMILES string of the molecule is c1ccc2cc(-c3ccc(-n4c5ccccc5c5c4ccc4c6ccccc6n(-c6ccc(-c7ccc8ccccc8c7)cc6)c45)cc3)ccc2c1.